The number of rotatable bonds is 0. The van der Waals surface area contributed by atoms with Gasteiger partial charge in [0.15, 0.2) is 0 Å². The average Bonchev–Trinajstić information content (AvgIpc) is 3.15. The summed E-state index contributed by atoms with van der Waals surface area (Å²) in [6.07, 6.45) is -4.01. The van der Waals surface area contributed by atoms with Gasteiger partial charge in [-0.1, -0.05) is 6.07 Å². The van der Waals surface area contributed by atoms with E-state index >= 15 is 0 Å². The molecule has 1 aromatic carbocycles. The number of hydrogen-bond acceptors (Lipinski definition) is 2. The summed E-state index contributed by atoms with van der Waals surface area (Å²) in [5.74, 6) is -1.05. The number of aliphatic hydroxyl groups excluding tert-OH is 1. The summed E-state index contributed by atoms with van der Waals surface area (Å²) in [4.78, 5) is 0. The second kappa shape index (κ2) is 4.20. The van der Waals surface area contributed by atoms with E-state index in [1.807, 2.05) is 0 Å². The largest absolute Gasteiger partial charge is 0.415 e. The molecule has 0 radical (unpaired) electrons. The molecule has 1 aromatic heterocycles. The highest BCUT2D eigenvalue weighted by Gasteiger charge is 2.59. The number of aliphatic hydroxyl groups is 1. The number of benzene rings is 1. The minimum Gasteiger partial charge on any atom is -0.388 e. The van der Waals surface area contributed by atoms with Crippen LogP contribution in [0.25, 0.3) is 16.5 Å². The molecule has 3 aliphatic carbocycles. The van der Waals surface area contributed by atoms with Gasteiger partial charge in [-0.2, -0.15) is 17.6 Å². The summed E-state index contributed by atoms with van der Waals surface area (Å²) in [7, 11) is 0. The van der Waals surface area contributed by atoms with E-state index < -0.39 is 29.2 Å². The van der Waals surface area contributed by atoms with E-state index in [0.717, 1.165) is 0 Å². The molecule has 5 rings (SSSR count). The van der Waals surface area contributed by atoms with Crippen LogP contribution in [0.4, 0.5) is 17.6 Å². The fourth-order valence-corrected chi connectivity index (χ4v) is 5.22. The molecule has 126 valence electrons. The number of nitrogens with one attached hydrogen (secondary N) is 1. The van der Waals surface area contributed by atoms with Crippen molar-refractivity contribution in [3.63, 3.8) is 0 Å². The Kier molecular flexibility index (Phi) is 2.53. The Balaban J connectivity index is 1.88. The van der Waals surface area contributed by atoms with Crippen molar-refractivity contribution in [3.8, 4) is 0 Å². The van der Waals surface area contributed by atoms with E-state index in [0.29, 0.717) is 42.3 Å². The second-order valence-corrected chi connectivity index (χ2v) is 7.22. The van der Waals surface area contributed by atoms with Crippen LogP contribution < -0.4 is 0 Å². The number of nitrogens with zero attached hydrogens (tertiary/aromatic N) is 1. The number of hydrogen-bond donors (Lipinski definition) is 2. The number of halogens is 4. The summed E-state index contributed by atoms with van der Waals surface area (Å²) in [6.45, 7) is 0. The Hall–Kier alpha value is -1.89. The zero-order chi connectivity index (χ0) is 16.9. The van der Waals surface area contributed by atoms with E-state index in [1.165, 1.54) is 0 Å². The van der Waals surface area contributed by atoms with Crippen molar-refractivity contribution in [3.05, 3.63) is 34.8 Å². The van der Waals surface area contributed by atoms with Gasteiger partial charge >= 0.3 is 6.18 Å². The lowest BCUT2D eigenvalue weighted by Crippen LogP contribution is -2.37. The predicted octanol–water partition coefficient (Wildman–Crippen LogP) is 3.74. The van der Waals surface area contributed by atoms with Gasteiger partial charge in [-0.05, 0) is 54.4 Å². The van der Waals surface area contributed by atoms with E-state index in [2.05, 4.69) is 10.2 Å². The topological polar surface area (TPSA) is 48.9 Å². The van der Waals surface area contributed by atoms with Gasteiger partial charge in [-0.25, -0.2) is 0 Å². The molecule has 7 heteroatoms. The Labute approximate surface area is 134 Å². The fraction of sp³-hybridized carbons (Fsp3) is 0.471. The third-order valence-electron chi connectivity index (χ3n) is 6.07. The average molecular weight is 338 g/mol. The lowest BCUT2D eigenvalue weighted by Gasteiger charge is -2.36. The molecule has 1 fully saturated rings. The Morgan fingerprint density at radius 3 is 2.83 bits per heavy atom. The van der Waals surface area contributed by atoms with E-state index in [9.17, 15) is 22.7 Å². The van der Waals surface area contributed by atoms with E-state index in [-0.39, 0.29) is 16.9 Å². The normalized spacial score (nSPS) is 31.7. The minimum absolute atomic E-state index is 0.189. The first-order valence-electron chi connectivity index (χ1n) is 7.97. The van der Waals surface area contributed by atoms with Crippen LogP contribution in [0.5, 0.6) is 0 Å². The van der Waals surface area contributed by atoms with Crippen LogP contribution in [0.3, 0.4) is 0 Å². The molecule has 1 saturated carbocycles. The fourth-order valence-electron chi connectivity index (χ4n) is 5.22. The number of alkyl halides is 3. The molecule has 2 bridgehead atoms. The molecule has 2 aromatic rings. The van der Waals surface area contributed by atoms with Gasteiger partial charge in [0, 0.05) is 5.41 Å². The summed E-state index contributed by atoms with van der Waals surface area (Å²) < 4.78 is 55.2. The van der Waals surface area contributed by atoms with Gasteiger partial charge < -0.3 is 5.11 Å². The first-order chi connectivity index (χ1) is 11.3. The standard InChI is InChI=1S/C17H14F4N2O/c18-15-11-9-6-16-4-3-7(5-16)14(24)13(17(19,20)21)12(16)8(9)1-2-10(11)22-23-15/h1-2,7,14,24H,3-6H2,(H,22,23). The maximum absolute atomic E-state index is 14.1. The molecule has 3 atom stereocenters. The molecule has 3 nitrogen and oxygen atoms in total. The molecule has 3 aliphatic rings. The van der Waals surface area contributed by atoms with Crippen LogP contribution in [-0.4, -0.2) is 27.6 Å². The first kappa shape index (κ1) is 14.5. The lowest BCUT2D eigenvalue weighted by atomic mass is 9.70. The first-order valence-corrected chi connectivity index (χ1v) is 7.97. The minimum atomic E-state index is -4.59. The van der Waals surface area contributed by atoms with Crippen molar-refractivity contribution in [1.82, 2.24) is 10.2 Å². The van der Waals surface area contributed by atoms with Gasteiger partial charge in [0.1, 0.15) is 0 Å². The summed E-state index contributed by atoms with van der Waals surface area (Å²) in [5, 5.41) is 16.7. The second-order valence-electron chi connectivity index (χ2n) is 7.22. The summed E-state index contributed by atoms with van der Waals surface area (Å²) in [6, 6.07) is 3.17. The quantitative estimate of drug-likeness (QED) is 0.719. The van der Waals surface area contributed by atoms with Crippen LogP contribution in [0.1, 0.15) is 30.4 Å². The van der Waals surface area contributed by atoms with Crippen molar-refractivity contribution in [1.29, 1.82) is 0 Å². The van der Waals surface area contributed by atoms with E-state index in [1.54, 1.807) is 12.1 Å². The monoisotopic (exact) mass is 338 g/mol. The number of aromatic amines is 1. The summed E-state index contributed by atoms with van der Waals surface area (Å²) in [5.41, 5.74) is 0.243. The van der Waals surface area contributed by atoms with Gasteiger partial charge in [0.2, 0.25) is 5.95 Å². The molecule has 1 spiro atoms. The van der Waals surface area contributed by atoms with Crippen molar-refractivity contribution in [2.24, 2.45) is 11.3 Å². The Bertz CT molecular complexity index is 913. The summed E-state index contributed by atoms with van der Waals surface area (Å²) >= 11 is 0. The number of fused-ring (bicyclic) bond motifs is 5. The SMILES string of the molecule is OC1C(C(F)(F)F)=C2c3ccc4[nH]nc(F)c4c3CC23CCC1C3. The molecule has 1 heterocycles. The highest BCUT2D eigenvalue weighted by molar-refractivity contribution is 5.93. The molecule has 3 unspecified atom stereocenters. The van der Waals surface area contributed by atoms with Gasteiger partial charge in [-0.15, -0.1) is 5.10 Å². The molecule has 0 aliphatic heterocycles. The highest BCUT2D eigenvalue weighted by atomic mass is 19.4. The van der Waals surface area contributed by atoms with Crippen LogP contribution >= 0.6 is 0 Å². The molecule has 24 heavy (non-hydrogen) atoms. The van der Waals surface area contributed by atoms with Gasteiger partial charge in [-0.3, -0.25) is 5.10 Å². The van der Waals surface area contributed by atoms with Crippen molar-refractivity contribution in [2.45, 2.75) is 38.0 Å². The van der Waals surface area contributed by atoms with Crippen molar-refractivity contribution < 1.29 is 22.7 Å². The molecule has 2 N–H and O–H groups in total. The third-order valence-corrected chi connectivity index (χ3v) is 6.07. The van der Waals surface area contributed by atoms with Crippen LogP contribution in [-0.2, 0) is 6.42 Å². The molecular weight excluding hydrogens is 324 g/mol. The van der Waals surface area contributed by atoms with Crippen LogP contribution in [0.15, 0.2) is 17.7 Å². The zero-order valence-corrected chi connectivity index (χ0v) is 12.5. The zero-order valence-electron chi connectivity index (χ0n) is 12.5. The smallest absolute Gasteiger partial charge is 0.388 e. The molecular formula is C17H14F4N2O. The van der Waals surface area contributed by atoms with Gasteiger partial charge in [0.05, 0.1) is 22.6 Å². The lowest BCUT2D eigenvalue weighted by molar-refractivity contribution is -0.111. The van der Waals surface area contributed by atoms with Crippen LogP contribution in [0, 0.1) is 17.3 Å². The highest BCUT2D eigenvalue weighted by Crippen LogP contribution is 2.65. The van der Waals surface area contributed by atoms with Crippen molar-refractivity contribution in [2.75, 3.05) is 0 Å². The predicted molar refractivity (Wildman–Crippen MR) is 78.5 cm³/mol. The van der Waals surface area contributed by atoms with Gasteiger partial charge in [0.25, 0.3) is 0 Å². The number of allylic oxidation sites excluding steroid dienone is 1. The van der Waals surface area contributed by atoms with Crippen LogP contribution in [0.2, 0.25) is 0 Å². The third kappa shape index (κ3) is 1.58. The van der Waals surface area contributed by atoms with Crippen molar-refractivity contribution >= 4 is 16.5 Å². The Morgan fingerprint density at radius 2 is 2.08 bits per heavy atom. The Morgan fingerprint density at radius 1 is 1.29 bits per heavy atom. The van der Waals surface area contributed by atoms with E-state index in [4.69, 9.17) is 0 Å². The number of aromatic nitrogens is 2. The molecule has 0 saturated heterocycles. The maximum Gasteiger partial charge on any atom is 0.415 e. The molecule has 0 amide bonds. The number of H-pyrrole nitrogens is 1. The maximum atomic E-state index is 14.1.